The first-order chi connectivity index (χ1) is 16.0. The molecule has 1 heterocycles. The van der Waals surface area contributed by atoms with Crippen molar-refractivity contribution in [1.82, 2.24) is 4.72 Å². The van der Waals surface area contributed by atoms with Crippen molar-refractivity contribution in [2.24, 2.45) is 0 Å². The van der Waals surface area contributed by atoms with Crippen LogP contribution in [0.15, 0.2) is 94.7 Å². The van der Waals surface area contributed by atoms with Gasteiger partial charge >= 0.3 is 0 Å². The highest BCUT2D eigenvalue weighted by molar-refractivity contribution is 8.00. The van der Waals surface area contributed by atoms with Gasteiger partial charge in [0, 0.05) is 23.7 Å². The summed E-state index contributed by atoms with van der Waals surface area (Å²) in [7, 11) is -3.64. The number of hydrogen-bond donors (Lipinski definition) is 2. The zero-order chi connectivity index (χ0) is 23.1. The van der Waals surface area contributed by atoms with Gasteiger partial charge in [-0.1, -0.05) is 48.5 Å². The summed E-state index contributed by atoms with van der Waals surface area (Å²) >= 11 is 1.47. The van der Waals surface area contributed by atoms with Gasteiger partial charge in [0.25, 0.3) is 0 Å². The molecule has 0 saturated carbocycles. The monoisotopic (exact) mass is 482 g/mol. The van der Waals surface area contributed by atoms with Gasteiger partial charge in [0.1, 0.15) is 5.25 Å². The topological polar surface area (TPSA) is 84.5 Å². The molecule has 1 saturated heterocycles. The van der Waals surface area contributed by atoms with Gasteiger partial charge in [-0.25, -0.2) is 13.1 Å². The van der Waals surface area contributed by atoms with Gasteiger partial charge in [-0.05, 0) is 54.8 Å². The van der Waals surface area contributed by atoms with Gasteiger partial charge in [0.05, 0.1) is 11.0 Å². The van der Waals surface area contributed by atoms with Crippen LogP contribution in [-0.4, -0.2) is 33.6 Å². The maximum atomic E-state index is 13.2. The molecule has 4 rings (SSSR count). The Bertz CT molecular complexity index is 1150. The smallest absolute Gasteiger partial charge is 0.242 e. The molecule has 1 amide bonds. The predicted octanol–water partition coefficient (Wildman–Crippen LogP) is 4.62. The fourth-order valence-corrected chi connectivity index (χ4v) is 5.66. The molecule has 0 aromatic heterocycles. The lowest BCUT2D eigenvalue weighted by atomic mass is 10.1. The molecule has 2 unspecified atom stereocenters. The first-order valence-corrected chi connectivity index (χ1v) is 13.2. The number of nitrogens with one attached hydrogen (secondary N) is 2. The highest BCUT2D eigenvalue weighted by atomic mass is 32.2. The molecule has 0 aliphatic carbocycles. The van der Waals surface area contributed by atoms with Crippen molar-refractivity contribution in [2.75, 3.05) is 18.5 Å². The Morgan fingerprint density at radius 2 is 1.64 bits per heavy atom. The van der Waals surface area contributed by atoms with Crippen molar-refractivity contribution in [3.8, 4) is 0 Å². The SMILES string of the molecule is O=C(Nc1ccc(S(=O)(=O)NCC2CCCO2)cc1)C(Sc1ccccc1)c1ccccc1. The Kier molecular flexibility index (Phi) is 7.82. The van der Waals surface area contributed by atoms with Gasteiger partial charge in [-0.3, -0.25) is 4.79 Å². The quantitative estimate of drug-likeness (QED) is 0.435. The van der Waals surface area contributed by atoms with E-state index in [-0.39, 0.29) is 23.5 Å². The predicted molar refractivity (Wildman–Crippen MR) is 131 cm³/mol. The van der Waals surface area contributed by atoms with Crippen molar-refractivity contribution < 1.29 is 17.9 Å². The minimum Gasteiger partial charge on any atom is -0.377 e. The molecule has 2 atom stereocenters. The number of rotatable bonds is 9. The van der Waals surface area contributed by atoms with E-state index in [1.807, 2.05) is 60.7 Å². The van der Waals surface area contributed by atoms with Gasteiger partial charge in [0.2, 0.25) is 15.9 Å². The number of sulfonamides is 1. The van der Waals surface area contributed by atoms with E-state index < -0.39 is 15.3 Å². The van der Waals surface area contributed by atoms with E-state index in [1.165, 1.54) is 23.9 Å². The molecule has 8 heteroatoms. The third-order valence-corrected chi connectivity index (χ3v) is 8.00. The molecule has 1 aliphatic rings. The molecule has 172 valence electrons. The third-order valence-electron chi connectivity index (χ3n) is 5.29. The average molecular weight is 483 g/mol. The lowest BCUT2D eigenvalue weighted by Crippen LogP contribution is -2.31. The zero-order valence-electron chi connectivity index (χ0n) is 18.0. The summed E-state index contributed by atoms with van der Waals surface area (Å²) in [6, 6.07) is 25.5. The molecule has 3 aromatic carbocycles. The highest BCUT2D eigenvalue weighted by Gasteiger charge is 2.23. The van der Waals surface area contributed by atoms with Crippen molar-refractivity contribution in [2.45, 2.75) is 34.0 Å². The van der Waals surface area contributed by atoms with E-state index in [9.17, 15) is 13.2 Å². The second-order valence-corrected chi connectivity index (χ2v) is 10.7. The Balaban J connectivity index is 1.44. The van der Waals surface area contributed by atoms with Gasteiger partial charge in [-0.2, -0.15) is 0 Å². The largest absolute Gasteiger partial charge is 0.377 e. The van der Waals surface area contributed by atoms with Crippen LogP contribution in [0, 0.1) is 0 Å². The number of thioether (sulfide) groups is 1. The van der Waals surface area contributed by atoms with Gasteiger partial charge < -0.3 is 10.1 Å². The minimum absolute atomic E-state index is 0.0737. The highest BCUT2D eigenvalue weighted by Crippen LogP contribution is 2.36. The molecule has 1 fully saturated rings. The van der Waals surface area contributed by atoms with E-state index in [1.54, 1.807) is 12.1 Å². The molecule has 3 aromatic rings. The lowest BCUT2D eigenvalue weighted by molar-refractivity contribution is -0.115. The van der Waals surface area contributed by atoms with E-state index in [4.69, 9.17) is 4.74 Å². The van der Waals surface area contributed by atoms with Gasteiger partial charge in [0.15, 0.2) is 0 Å². The maximum Gasteiger partial charge on any atom is 0.242 e. The number of ether oxygens (including phenoxy) is 1. The van der Waals surface area contributed by atoms with Crippen LogP contribution in [0.3, 0.4) is 0 Å². The first-order valence-electron chi connectivity index (χ1n) is 10.8. The van der Waals surface area contributed by atoms with Crippen molar-refractivity contribution in [3.05, 3.63) is 90.5 Å². The van der Waals surface area contributed by atoms with Crippen molar-refractivity contribution >= 4 is 33.4 Å². The standard InChI is InChI=1S/C25H26N2O4S2/c28-25(24(19-8-3-1-4-9-19)32-22-11-5-2-6-12-22)27-20-13-15-23(16-14-20)33(29,30)26-18-21-10-7-17-31-21/h1-6,8-9,11-16,21,24,26H,7,10,17-18H2,(H,27,28). The summed E-state index contributed by atoms with van der Waals surface area (Å²) in [5, 5.41) is 2.47. The van der Waals surface area contributed by atoms with Crippen LogP contribution >= 0.6 is 11.8 Å². The average Bonchev–Trinajstić information content (AvgIpc) is 3.37. The molecular formula is C25H26N2O4S2. The summed E-state index contributed by atoms with van der Waals surface area (Å²) in [4.78, 5) is 14.3. The third kappa shape index (κ3) is 6.45. The van der Waals surface area contributed by atoms with Gasteiger partial charge in [-0.15, -0.1) is 11.8 Å². The summed E-state index contributed by atoms with van der Waals surface area (Å²) in [5.41, 5.74) is 1.43. The van der Waals surface area contributed by atoms with E-state index in [0.717, 1.165) is 23.3 Å². The number of carbonyl (C=O) groups is 1. The maximum absolute atomic E-state index is 13.2. The fraction of sp³-hybridized carbons (Fsp3) is 0.240. The number of carbonyl (C=O) groups excluding carboxylic acids is 1. The summed E-state index contributed by atoms with van der Waals surface area (Å²) < 4.78 is 33.2. The Hall–Kier alpha value is -2.65. The number of amides is 1. The molecule has 0 bridgehead atoms. The number of hydrogen-bond acceptors (Lipinski definition) is 5. The fourth-order valence-electron chi connectivity index (χ4n) is 3.55. The summed E-state index contributed by atoms with van der Waals surface area (Å²) in [5.74, 6) is -0.179. The Morgan fingerprint density at radius 1 is 0.970 bits per heavy atom. The number of anilines is 1. The second kappa shape index (κ2) is 11.0. The number of benzene rings is 3. The van der Waals surface area contributed by atoms with Crippen LogP contribution < -0.4 is 10.0 Å². The lowest BCUT2D eigenvalue weighted by Gasteiger charge is -2.17. The molecule has 6 nitrogen and oxygen atoms in total. The van der Waals surface area contributed by atoms with E-state index >= 15 is 0 Å². The Morgan fingerprint density at radius 3 is 2.27 bits per heavy atom. The van der Waals surface area contributed by atoms with E-state index in [2.05, 4.69) is 10.0 Å². The molecule has 0 spiro atoms. The van der Waals surface area contributed by atoms with Crippen molar-refractivity contribution in [3.63, 3.8) is 0 Å². The van der Waals surface area contributed by atoms with Crippen LogP contribution in [-0.2, 0) is 19.6 Å². The van der Waals surface area contributed by atoms with Crippen LogP contribution in [0.2, 0.25) is 0 Å². The Labute approximate surface area is 198 Å². The molecule has 33 heavy (non-hydrogen) atoms. The second-order valence-electron chi connectivity index (χ2n) is 7.72. The van der Waals surface area contributed by atoms with E-state index in [0.29, 0.717) is 12.3 Å². The summed E-state index contributed by atoms with van der Waals surface area (Å²) in [6.45, 7) is 0.934. The summed E-state index contributed by atoms with van der Waals surface area (Å²) in [6.07, 6.45) is 1.74. The normalized spacial score (nSPS) is 16.9. The van der Waals surface area contributed by atoms with Crippen LogP contribution in [0.4, 0.5) is 5.69 Å². The first kappa shape index (κ1) is 23.5. The van der Waals surface area contributed by atoms with Crippen LogP contribution in [0.5, 0.6) is 0 Å². The molecule has 1 aliphatic heterocycles. The van der Waals surface area contributed by atoms with Crippen molar-refractivity contribution in [1.29, 1.82) is 0 Å². The zero-order valence-corrected chi connectivity index (χ0v) is 19.6. The minimum atomic E-state index is -3.64. The molecule has 0 radical (unpaired) electrons. The molecule has 2 N–H and O–H groups in total. The van der Waals surface area contributed by atoms with Crippen LogP contribution in [0.1, 0.15) is 23.7 Å². The molecular weight excluding hydrogens is 456 g/mol. The van der Waals surface area contributed by atoms with Crippen LogP contribution in [0.25, 0.3) is 0 Å².